The van der Waals surface area contributed by atoms with Gasteiger partial charge in [0.15, 0.2) is 12.2 Å². The van der Waals surface area contributed by atoms with E-state index in [-0.39, 0.29) is 34.6 Å². The molecule has 5 atom stereocenters. The van der Waals surface area contributed by atoms with Gasteiger partial charge in [0.05, 0.1) is 23.8 Å². The molecule has 3 aliphatic rings. The van der Waals surface area contributed by atoms with Gasteiger partial charge >= 0.3 is 12.1 Å². The van der Waals surface area contributed by atoms with Crippen molar-refractivity contribution >= 4 is 35.2 Å². The van der Waals surface area contributed by atoms with Crippen LogP contribution in [0.1, 0.15) is 5.56 Å². The van der Waals surface area contributed by atoms with Crippen LogP contribution in [-0.4, -0.2) is 61.0 Å². The molecule has 9 nitrogen and oxygen atoms in total. The summed E-state index contributed by atoms with van der Waals surface area (Å²) >= 11 is 11.8. The Morgan fingerprint density at radius 3 is 2.45 bits per heavy atom. The third-order valence-electron chi connectivity index (χ3n) is 4.84. The van der Waals surface area contributed by atoms with Crippen LogP contribution in [0.25, 0.3) is 6.08 Å². The van der Waals surface area contributed by atoms with Crippen molar-refractivity contribution in [3.63, 3.8) is 0 Å². The predicted molar refractivity (Wildman–Crippen MR) is 96.1 cm³/mol. The van der Waals surface area contributed by atoms with E-state index in [1.165, 1.54) is 12.1 Å². The Balaban J connectivity index is 1.56. The molecular weight excluding hydrogens is 474 g/mol. The van der Waals surface area contributed by atoms with Gasteiger partial charge < -0.3 is 23.8 Å². The summed E-state index contributed by atoms with van der Waals surface area (Å²) in [4.78, 5) is 27.6. The van der Waals surface area contributed by atoms with E-state index < -0.39 is 53.3 Å². The Bertz CT molecular complexity index is 956. The highest BCUT2D eigenvalue weighted by molar-refractivity contribution is 6.36. The fourth-order valence-corrected chi connectivity index (χ4v) is 4.14. The maximum atomic E-state index is 13.6. The van der Waals surface area contributed by atoms with Crippen LogP contribution in [0.4, 0.5) is 13.2 Å². The molecule has 0 saturated carbocycles. The molecule has 2 saturated heterocycles. The summed E-state index contributed by atoms with van der Waals surface area (Å²) in [5, 5.41) is 9.50. The average molecular weight is 486 g/mol. The molecule has 168 valence electrons. The van der Waals surface area contributed by atoms with Gasteiger partial charge in [0.1, 0.15) is 18.0 Å². The maximum absolute atomic E-state index is 13.6. The Morgan fingerprint density at radius 1 is 1.16 bits per heavy atom. The first kappa shape index (κ1) is 21.9. The van der Waals surface area contributed by atoms with E-state index in [1.54, 1.807) is 0 Å². The Kier molecular flexibility index (Phi) is 5.66. The molecule has 31 heavy (non-hydrogen) atoms. The smallest absolute Gasteiger partial charge is 0.430 e. The van der Waals surface area contributed by atoms with E-state index in [0.717, 1.165) is 6.08 Å². The number of esters is 1. The first-order chi connectivity index (χ1) is 14.5. The lowest BCUT2D eigenvalue weighted by Crippen LogP contribution is -2.42. The van der Waals surface area contributed by atoms with E-state index in [9.17, 15) is 28.1 Å². The van der Waals surface area contributed by atoms with Gasteiger partial charge in [-0.25, -0.2) is 4.79 Å². The number of hydrogen-bond donors (Lipinski definition) is 0. The number of fused-ring (bicyclic) bond motifs is 2. The second kappa shape index (κ2) is 8.01. The standard InChI is InChI=1S/C17H12Cl2F3NO8/c18-7-1-6-2-8(15(17(20,21)22)30-12(6)9(19)3-7)16(24)29-10-4-27-14-11(31-23(25)26)5-28-13(10)14/h1-3,10-11,13-15H,4-5H2/t10-,11+,13+,14+,15?/m0/s1. The van der Waals surface area contributed by atoms with Crippen LogP contribution in [0.3, 0.4) is 0 Å². The quantitative estimate of drug-likeness (QED) is 0.364. The Labute approximate surface area is 181 Å². The van der Waals surface area contributed by atoms with E-state index >= 15 is 0 Å². The first-order valence-corrected chi connectivity index (χ1v) is 9.49. The van der Waals surface area contributed by atoms with Crippen molar-refractivity contribution in [1.29, 1.82) is 0 Å². The molecule has 1 unspecified atom stereocenters. The minimum atomic E-state index is -4.95. The molecule has 0 N–H and O–H groups in total. The molecule has 4 rings (SSSR count). The van der Waals surface area contributed by atoms with Gasteiger partial charge in [-0.15, -0.1) is 10.1 Å². The lowest BCUT2D eigenvalue weighted by molar-refractivity contribution is -0.769. The fraction of sp³-hybridized carbons (Fsp3) is 0.471. The second-order valence-corrected chi connectivity index (χ2v) is 7.70. The number of halogens is 5. The van der Waals surface area contributed by atoms with Crippen LogP contribution in [-0.2, 0) is 23.8 Å². The monoisotopic (exact) mass is 485 g/mol. The van der Waals surface area contributed by atoms with Crippen molar-refractivity contribution in [2.24, 2.45) is 0 Å². The summed E-state index contributed by atoms with van der Waals surface area (Å²) in [6, 6.07) is 2.50. The third-order valence-corrected chi connectivity index (χ3v) is 5.34. The number of rotatable bonds is 4. The molecule has 1 aromatic rings. The number of benzene rings is 1. The molecule has 0 aromatic heterocycles. The lowest BCUT2D eigenvalue weighted by Gasteiger charge is -2.29. The molecule has 0 amide bonds. The summed E-state index contributed by atoms with van der Waals surface area (Å²) in [7, 11) is 0. The SMILES string of the molecule is O=C(O[C@H]1CO[C@H]2[C@@H]1OC[C@H]2O[N+](=O)[O-])C1=Cc2cc(Cl)cc(Cl)c2OC1C(F)(F)F. The van der Waals surface area contributed by atoms with Gasteiger partial charge in [0, 0.05) is 10.6 Å². The maximum Gasteiger partial charge on any atom is 0.430 e. The van der Waals surface area contributed by atoms with Crippen molar-refractivity contribution in [3.05, 3.63) is 43.4 Å². The van der Waals surface area contributed by atoms with Crippen LogP contribution in [0.5, 0.6) is 5.75 Å². The number of alkyl halides is 3. The van der Waals surface area contributed by atoms with Crippen molar-refractivity contribution in [3.8, 4) is 5.75 Å². The minimum Gasteiger partial charge on any atom is -0.474 e. The van der Waals surface area contributed by atoms with Crippen LogP contribution >= 0.6 is 23.2 Å². The molecule has 0 bridgehead atoms. The number of ether oxygens (including phenoxy) is 4. The molecule has 1 aromatic carbocycles. The zero-order valence-electron chi connectivity index (χ0n) is 15.1. The average Bonchev–Trinajstić information content (AvgIpc) is 3.23. The van der Waals surface area contributed by atoms with Gasteiger partial charge in [0.2, 0.25) is 6.10 Å². The molecule has 0 radical (unpaired) electrons. The van der Waals surface area contributed by atoms with Gasteiger partial charge in [-0.3, -0.25) is 0 Å². The highest BCUT2D eigenvalue weighted by Gasteiger charge is 2.53. The van der Waals surface area contributed by atoms with E-state index in [1.807, 2.05) is 0 Å². The molecule has 3 aliphatic heterocycles. The molecule has 0 spiro atoms. The summed E-state index contributed by atoms with van der Waals surface area (Å²) in [6.45, 7) is -0.441. The molecular formula is C17H12Cl2F3NO8. The number of carbonyl (C=O) groups is 1. The fourth-order valence-electron chi connectivity index (χ4n) is 3.58. The van der Waals surface area contributed by atoms with Crippen LogP contribution < -0.4 is 4.74 Å². The van der Waals surface area contributed by atoms with Crippen molar-refractivity contribution in [2.45, 2.75) is 36.7 Å². The topological polar surface area (TPSA) is 106 Å². The second-order valence-electron chi connectivity index (χ2n) is 6.85. The van der Waals surface area contributed by atoms with Crippen LogP contribution in [0.15, 0.2) is 17.7 Å². The zero-order valence-corrected chi connectivity index (χ0v) is 16.6. The summed E-state index contributed by atoms with van der Waals surface area (Å²) in [6.07, 6.45) is -10.6. The molecule has 14 heteroatoms. The van der Waals surface area contributed by atoms with E-state index in [4.69, 9.17) is 42.1 Å². The lowest BCUT2D eigenvalue weighted by atomic mass is 10.0. The van der Waals surface area contributed by atoms with Gasteiger partial charge in [-0.05, 0) is 18.2 Å². The number of carbonyl (C=O) groups excluding carboxylic acids is 1. The van der Waals surface area contributed by atoms with Crippen LogP contribution in [0.2, 0.25) is 10.0 Å². The highest BCUT2D eigenvalue weighted by atomic mass is 35.5. The minimum absolute atomic E-state index is 0.0714. The summed E-state index contributed by atoms with van der Waals surface area (Å²) in [5.41, 5.74) is -0.750. The van der Waals surface area contributed by atoms with Crippen molar-refractivity contribution in [2.75, 3.05) is 13.2 Å². The Morgan fingerprint density at radius 2 is 1.81 bits per heavy atom. The molecule has 2 fully saturated rings. The Hall–Kier alpha value is -2.28. The molecule has 3 heterocycles. The van der Waals surface area contributed by atoms with Gasteiger partial charge in [-0.2, -0.15) is 13.2 Å². The van der Waals surface area contributed by atoms with Gasteiger partial charge in [0.25, 0.3) is 5.09 Å². The summed E-state index contributed by atoms with van der Waals surface area (Å²) in [5.74, 6) is -1.59. The molecule has 0 aliphatic carbocycles. The van der Waals surface area contributed by atoms with Crippen molar-refractivity contribution in [1.82, 2.24) is 0 Å². The van der Waals surface area contributed by atoms with Gasteiger partial charge in [-0.1, -0.05) is 23.2 Å². The zero-order chi connectivity index (χ0) is 22.5. The third kappa shape index (κ3) is 4.25. The predicted octanol–water partition coefficient (Wildman–Crippen LogP) is 2.99. The van der Waals surface area contributed by atoms with E-state index in [2.05, 4.69) is 4.84 Å². The largest absolute Gasteiger partial charge is 0.474 e. The number of nitrogens with zero attached hydrogens (tertiary/aromatic N) is 1. The number of hydrogen-bond acceptors (Lipinski definition) is 8. The first-order valence-electron chi connectivity index (χ1n) is 8.74. The van der Waals surface area contributed by atoms with Crippen molar-refractivity contribution < 1.29 is 46.8 Å². The van der Waals surface area contributed by atoms with E-state index in [0.29, 0.717) is 0 Å². The normalized spacial score (nSPS) is 29.5. The highest BCUT2D eigenvalue weighted by Crippen LogP contribution is 2.43. The van der Waals surface area contributed by atoms with Crippen LogP contribution in [0, 0.1) is 10.1 Å². The summed E-state index contributed by atoms with van der Waals surface area (Å²) < 4.78 is 61.6.